The summed E-state index contributed by atoms with van der Waals surface area (Å²) in [6, 6.07) is 5.81. The molecule has 0 bridgehead atoms. The number of aromatic nitrogens is 1. The number of methoxy groups -OCH3 is 1. The zero-order chi connectivity index (χ0) is 12.4. The van der Waals surface area contributed by atoms with Crippen LogP contribution in [-0.2, 0) is 0 Å². The van der Waals surface area contributed by atoms with Crippen LogP contribution in [0.1, 0.15) is 9.67 Å². The minimum absolute atomic E-state index is 0.00626. The van der Waals surface area contributed by atoms with Crippen LogP contribution in [0.15, 0.2) is 24.3 Å². The number of nitrogens with zero attached hydrogens (tertiary/aromatic N) is 1. The van der Waals surface area contributed by atoms with E-state index in [0.29, 0.717) is 10.6 Å². The number of carbonyl (C=O) groups is 1. The summed E-state index contributed by atoms with van der Waals surface area (Å²) in [6.45, 7) is 0. The van der Waals surface area contributed by atoms with Crippen molar-refractivity contribution in [1.29, 1.82) is 0 Å². The Morgan fingerprint density at radius 3 is 2.82 bits per heavy atom. The van der Waals surface area contributed by atoms with Crippen molar-refractivity contribution in [3.63, 3.8) is 0 Å². The number of aromatic carboxylic acids is 1. The highest BCUT2D eigenvalue weighted by Crippen LogP contribution is 2.32. The number of thiazole rings is 1. The van der Waals surface area contributed by atoms with Crippen LogP contribution in [0, 0.1) is 5.82 Å². The van der Waals surface area contributed by atoms with E-state index in [-0.39, 0.29) is 10.8 Å². The smallest absolute Gasteiger partial charge is 0.351 e. The molecule has 0 aliphatic rings. The quantitative estimate of drug-likeness (QED) is 0.913. The van der Waals surface area contributed by atoms with Gasteiger partial charge in [-0.1, -0.05) is 12.1 Å². The molecule has 0 saturated carbocycles. The van der Waals surface area contributed by atoms with Gasteiger partial charge in [0.2, 0.25) is 5.88 Å². The normalized spacial score (nSPS) is 10.2. The lowest BCUT2D eigenvalue weighted by Crippen LogP contribution is -1.95. The molecule has 1 aromatic heterocycles. The second-order valence-electron chi connectivity index (χ2n) is 3.17. The van der Waals surface area contributed by atoms with Crippen molar-refractivity contribution in [2.24, 2.45) is 0 Å². The van der Waals surface area contributed by atoms with Crippen LogP contribution in [0.5, 0.6) is 5.88 Å². The van der Waals surface area contributed by atoms with Gasteiger partial charge < -0.3 is 9.84 Å². The van der Waals surface area contributed by atoms with E-state index in [1.54, 1.807) is 12.1 Å². The molecular formula is C11H8FNO3S. The summed E-state index contributed by atoms with van der Waals surface area (Å²) in [5, 5.41) is 9.34. The lowest BCUT2D eigenvalue weighted by atomic mass is 10.2. The average Bonchev–Trinajstić information content (AvgIpc) is 2.73. The van der Waals surface area contributed by atoms with Crippen molar-refractivity contribution in [3.8, 4) is 16.5 Å². The number of hydrogen-bond donors (Lipinski definition) is 1. The molecule has 0 spiro atoms. The molecule has 0 fully saturated rings. The van der Waals surface area contributed by atoms with E-state index in [4.69, 9.17) is 9.84 Å². The van der Waals surface area contributed by atoms with Gasteiger partial charge in [-0.3, -0.25) is 0 Å². The Balaban J connectivity index is 2.50. The van der Waals surface area contributed by atoms with Crippen molar-refractivity contribution in [3.05, 3.63) is 35.0 Å². The Morgan fingerprint density at radius 1 is 1.53 bits per heavy atom. The van der Waals surface area contributed by atoms with E-state index in [1.807, 2.05) is 0 Å². The summed E-state index contributed by atoms with van der Waals surface area (Å²) in [6.07, 6.45) is 0. The Hall–Kier alpha value is -1.95. The summed E-state index contributed by atoms with van der Waals surface area (Å²) >= 11 is 0.952. The number of carboxylic acid groups (broad SMARTS) is 1. The molecule has 0 atom stereocenters. The zero-order valence-electron chi connectivity index (χ0n) is 8.81. The Bertz CT molecular complexity index is 568. The highest BCUT2D eigenvalue weighted by molar-refractivity contribution is 7.17. The summed E-state index contributed by atoms with van der Waals surface area (Å²) in [7, 11) is 1.34. The highest BCUT2D eigenvalue weighted by atomic mass is 32.1. The van der Waals surface area contributed by atoms with Gasteiger partial charge in [0.1, 0.15) is 10.8 Å². The lowest BCUT2D eigenvalue weighted by molar-refractivity contribution is 0.0698. The van der Waals surface area contributed by atoms with E-state index in [2.05, 4.69) is 4.98 Å². The largest absolute Gasteiger partial charge is 0.480 e. The summed E-state index contributed by atoms with van der Waals surface area (Å²) in [5.41, 5.74) is 0.529. The minimum Gasteiger partial charge on any atom is -0.480 e. The molecule has 4 nitrogen and oxygen atoms in total. The predicted molar refractivity (Wildman–Crippen MR) is 61.0 cm³/mol. The fourth-order valence-corrected chi connectivity index (χ4v) is 2.19. The molecule has 0 aliphatic heterocycles. The molecule has 1 heterocycles. The summed E-state index contributed by atoms with van der Waals surface area (Å²) in [5.74, 6) is -1.46. The molecule has 0 radical (unpaired) electrons. The van der Waals surface area contributed by atoms with Crippen LogP contribution in [0.2, 0.25) is 0 Å². The molecule has 0 unspecified atom stereocenters. The standard InChI is InChI=1S/C11H8FNO3S/c1-16-9-8(11(14)15)17-10(13-9)6-3-2-4-7(12)5-6/h2-5H,1H3,(H,14,15). The third-order valence-corrected chi connectivity index (χ3v) is 3.13. The molecule has 2 aromatic rings. The third-order valence-electron chi connectivity index (χ3n) is 2.06. The van der Waals surface area contributed by atoms with Crippen LogP contribution < -0.4 is 4.74 Å². The maximum Gasteiger partial charge on any atom is 0.351 e. The van der Waals surface area contributed by atoms with Crippen molar-refractivity contribution in [1.82, 2.24) is 4.98 Å². The molecule has 6 heteroatoms. The predicted octanol–water partition coefficient (Wildman–Crippen LogP) is 2.66. The molecule has 88 valence electrons. The van der Waals surface area contributed by atoms with Crippen LogP contribution in [0.3, 0.4) is 0 Å². The van der Waals surface area contributed by atoms with Crippen molar-refractivity contribution >= 4 is 17.3 Å². The first-order chi connectivity index (χ1) is 8.11. The number of carboxylic acids is 1. The van der Waals surface area contributed by atoms with Gasteiger partial charge in [0.15, 0.2) is 4.88 Å². The number of ether oxygens (including phenoxy) is 1. The second kappa shape index (κ2) is 4.50. The summed E-state index contributed by atoms with van der Waals surface area (Å²) < 4.78 is 17.9. The molecular weight excluding hydrogens is 245 g/mol. The Labute approximate surface area is 100 Å². The van der Waals surface area contributed by atoms with Gasteiger partial charge in [0.05, 0.1) is 7.11 Å². The Kier molecular flexibility index (Phi) is 3.06. The van der Waals surface area contributed by atoms with E-state index >= 15 is 0 Å². The maximum absolute atomic E-state index is 13.0. The fraction of sp³-hybridized carbons (Fsp3) is 0.0909. The van der Waals surface area contributed by atoms with Crippen LogP contribution in [0.25, 0.3) is 10.6 Å². The molecule has 1 aromatic carbocycles. The van der Waals surface area contributed by atoms with Gasteiger partial charge in [-0.2, -0.15) is 0 Å². The van der Waals surface area contributed by atoms with Crippen molar-refractivity contribution < 1.29 is 19.0 Å². The second-order valence-corrected chi connectivity index (χ2v) is 4.17. The zero-order valence-corrected chi connectivity index (χ0v) is 9.62. The molecule has 0 amide bonds. The maximum atomic E-state index is 13.0. The number of hydrogen-bond acceptors (Lipinski definition) is 4. The van der Waals surface area contributed by atoms with Crippen LogP contribution in [0.4, 0.5) is 4.39 Å². The van der Waals surface area contributed by atoms with E-state index in [1.165, 1.54) is 19.2 Å². The Morgan fingerprint density at radius 2 is 2.29 bits per heavy atom. The number of rotatable bonds is 3. The first kappa shape index (κ1) is 11.5. The third kappa shape index (κ3) is 2.26. The molecule has 1 N–H and O–H groups in total. The number of halogens is 1. The lowest BCUT2D eigenvalue weighted by Gasteiger charge is -1.95. The first-order valence-electron chi connectivity index (χ1n) is 4.66. The molecule has 0 saturated heterocycles. The van der Waals surface area contributed by atoms with Gasteiger partial charge >= 0.3 is 5.97 Å². The minimum atomic E-state index is -1.11. The summed E-state index contributed by atoms with van der Waals surface area (Å²) in [4.78, 5) is 14.9. The monoisotopic (exact) mass is 253 g/mol. The van der Waals surface area contributed by atoms with Crippen LogP contribution >= 0.6 is 11.3 Å². The topological polar surface area (TPSA) is 59.4 Å². The fourth-order valence-electron chi connectivity index (χ4n) is 1.32. The SMILES string of the molecule is COc1nc(-c2cccc(F)c2)sc1C(=O)O. The van der Waals surface area contributed by atoms with E-state index in [0.717, 1.165) is 11.3 Å². The highest BCUT2D eigenvalue weighted by Gasteiger charge is 2.18. The van der Waals surface area contributed by atoms with Gasteiger partial charge in [0.25, 0.3) is 0 Å². The van der Waals surface area contributed by atoms with Crippen molar-refractivity contribution in [2.75, 3.05) is 7.11 Å². The molecule has 2 rings (SSSR count). The van der Waals surface area contributed by atoms with Gasteiger partial charge in [-0.15, -0.1) is 11.3 Å². The van der Waals surface area contributed by atoms with Gasteiger partial charge in [-0.05, 0) is 12.1 Å². The van der Waals surface area contributed by atoms with Gasteiger partial charge in [-0.25, -0.2) is 14.2 Å². The van der Waals surface area contributed by atoms with Crippen LogP contribution in [-0.4, -0.2) is 23.2 Å². The first-order valence-corrected chi connectivity index (χ1v) is 5.47. The number of benzene rings is 1. The van der Waals surface area contributed by atoms with Gasteiger partial charge in [0, 0.05) is 5.56 Å². The van der Waals surface area contributed by atoms with Crippen molar-refractivity contribution in [2.45, 2.75) is 0 Å². The van der Waals surface area contributed by atoms with E-state index in [9.17, 15) is 9.18 Å². The molecule has 17 heavy (non-hydrogen) atoms. The van der Waals surface area contributed by atoms with E-state index < -0.39 is 11.8 Å². The average molecular weight is 253 g/mol. The molecule has 0 aliphatic carbocycles.